The van der Waals surface area contributed by atoms with Crippen molar-refractivity contribution in [3.05, 3.63) is 24.3 Å². The molecule has 2 fully saturated rings. The fraction of sp³-hybridized carbons (Fsp3) is 0.636. The molecular formula is C22H34N4O6S. The van der Waals surface area contributed by atoms with Gasteiger partial charge in [0.1, 0.15) is 5.60 Å². The normalized spacial score (nSPS) is 19.7. The van der Waals surface area contributed by atoms with Gasteiger partial charge in [0.15, 0.2) is 0 Å². The Kier molecular flexibility index (Phi) is 7.99. The SMILES string of the molecule is CC(C(=O)Nc1cccc(S(=O)(=O)N2CCOCC2)c1)N1CCN(C(=O)OC(C)(C)C)CC1. The molecule has 0 saturated carbocycles. The number of carbonyl (C=O) groups is 2. The lowest BCUT2D eigenvalue weighted by molar-refractivity contribution is -0.121. The maximum atomic E-state index is 12.9. The molecule has 0 spiro atoms. The third kappa shape index (κ3) is 6.66. The first-order chi connectivity index (χ1) is 15.5. The second-order valence-corrected chi connectivity index (χ2v) is 11.2. The third-order valence-corrected chi connectivity index (χ3v) is 7.50. The van der Waals surface area contributed by atoms with Gasteiger partial charge in [-0.3, -0.25) is 9.69 Å². The zero-order valence-corrected chi connectivity index (χ0v) is 20.6. The summed E-state index contributed by atoms with van der Waals surface area (Å²) in [4.78, 5) is 28.9. The molecule has 33 heavy (non-hydrogen) atoms. The number of carbonyl (C=O) groups excluding carboxylic acids is 2. The highest BCUT2D eigenvalue weighted by atomic mass is 32.2. The molecule has 1 unspecified atom stereocenters. The predicted octanol–water partition coefficient (Wildman–Crippen LogP) is 1.59. The van der Waals surface area contributed by atoms with Gasteiger partial charge in [-0.25, -0.2) is 13.2 Å². The van der Waals surface area contributed by atoms with Gasteiger partial charge >= 0.3 is 6.09 Å². The molecule has 2 aliphatic heterocycles. The highest BCUT2D eigenvalue weighted by Crippen LogP contribution is 2.21. The van der Waals surface area contributed by atoms with E-state index in [4.69, 9.17) is 9.47 Å². The maximum Gasteiger partial charge on any atom is 0.410 e. The number of morpholine rings is 1. The van der Waals surface area contributed by atoms with Crippen molar-refractivity contribution in [2.75, 3.05) is 57.8 Å². The van der Waals surface area contributed by atoms with E-state index in [0.29, 0.717) is 58.2 Å². The molecule has 2 amide bonds. The Morgan fingerprint density at radius 3 is 2.30 bits per heavy atom. The third-order valence-electron chi connectivity index (χ3n) is 5.60. The minimum atomic E-state index is -3.65. The van der Waals surface area contributed by atoms with Crippen molar-refractivity contribution >= 4 is 27.7 Å². The molecule has 184 valence electrons. The fourth-order valence-corrected chi connectivity index (χ4v) is 5.16. The quantitative estimate of drug-likeness (QED) is 0.679. The number of piperazine rings is 1. The Bertz CT molecular complexity index is 948. The van der Waals surface area contributed by atoms with E-state index in [1.165, 1.54) is 16.4 Å². The van der Waals surface area contributed by atoms with Crippen molar-refractivity contribution in [1.29, 1.82) is 0 Å². The van der Waals surface area contributed by atoms with Crippen molar-refractivity contribution in [3.63, 3.8) is 0 Å². The van der Waals surface area contributed by atoms with E-state index >= 15 is 0 Å². The standard InChI is InChI=1S/C22H34N4O6S/c1-17(24-8-10-25(11-9-24)21(28)32-22(2,3)4)20(27)23-18-6-5-7-19(16-18)33(29,30)26-12-14-31-15-13-26/h5-7,16-17H,8-15H2,1-4H3,(H,23,27). The summed E-state index contributed by atoms with van der Waals surface area (Å²) in [5, 5.41) is 2.83. The zero-order chi connectivity index (χ0) is 24.2. The first kappa shape index (κ1) is 25.4. The Morgan fingerprint density at radius 1 is 1.06 bits per heavy atom. The van der Waals surface area contributed by atoms with Crippen LogP contribution in [0, 0.1) is 0 Å². The molecule has 11 heteroatoms. The molecule has 1 atom stereocenters. The number of hydrogen-bond donors (Lipinski definition) is 1. The van der Waals surface area contributed by atoms with Gasteiger partial charge in [0.05, 0.1) is 24.2 Å². The van der Waals surface area contributed by atoms with Crippen LogP contribution in [-0.2, 0) is 24.3 Å². The van der Waals surface area contributed by atoms with Crippen LogP contribution in [0.15, 0.2) is 29.2 Å². The smallest absolute Gasteiger partial charge is 0.410 e. The molecule has 0 bridgehead atoms. The zero-order valence-electron chi connectivity index (χ0n) is 19.7. The van der Waals surface area contributed by atoms with E-state index in [1.807, 2.05) is 25.7 Å². The van der Waals surface area contributed by atoms with Crippen LogP contribution in [-0.4, -0.2) is 98.6 Å². The summed E-state index contributed by atoms with van der Waals surface area (Å²) in [6, 6.07) is 5.86. The van der Waals surface area contributed by atoms with E-state index in [9.17, 15) is 18.0 Å². The largest absolute Gasteiger partial charge is 0.444 e. The number of hydrogen-bond acceptors (Lipinski definition) is 7. The van der Waals surface area contributed by atoms with E-state index < -0.39 is 21.7 Å². The molecule has 0 aromatic heterocycles. The predicted molar refractivity (Wildman–Crippen MR) is 123 cm³/mol. The molecule has 3 rings (SSSR count). The monoisotopic (exact) mass is 482 g/mol. The molecule has 1 N–H and O–H groups in total. The number of ether oxygens (including phenoxy) is 2. The minimum Gasteiger partial charge on any atom is -0.444 e. The van der Waals surface area contributed by atoms with Crippen LogP contribution >= 0.6 is 0 Å². The average molecular weight is 483 g/mol. The lowest BCUT2D eigenvalue weighted by Gasteiger charge is -2.37. The van der Waals surface area contributed by atoms with Crippen molar-refractivity contribution in [1.82, 2.24) is 14.1 Å². The number of rotatable bonds is 5. The second-order valence-electron chi connectivity index (χ2n) is 9.21. The minimum absolute atomic E-state index is 0.140. The molecule has 0 radical (unpaired) electrons. The number of benzene rings is 1. The van der Waals surface area contributed by atoms with E-state index in [1.54, 1.807) is 24.0 Å². The number of amides is 2. The maximum absolute atomic E-state index is 12.9. The summed E-state index contributed by atoms with van der Waals surface area (Å²) < 4.78 is 37.8. The molecule has 2 heterocycles. The fourth-order valence-electron chi connectivity index (χ4n) is 3.70. The Morgan fingerprint density at radius 2 is 1.70 bits per heavy atom. The van der Waals surface area contributed by atoms with Gasteiger partial charge < -0.3 is 19.7 Å². The molecular weight excluding hydrogens is 448 g/mol. The first-order valence-corrected chi connectivity index (χ1v) is 12.6. The first-order valence-electron chi connectivity index (χ1n) is 11.2. The van der Waals surface area contributed by atoms with Crippen molar-refractivity contribution < 1.29 is 27.5 Å². The van der Waals surface area contributed by atoms with Crippen molar-refractivity contribution in [2.24, 2.45) is 0 Å². The number of nitrogens with zero attached hydrogens (tertiary/aromatic N) is 3. The van der Waals surface area contributed by atoms with Gasteiger partial charge in [-0.1, -0.05) is 6.07 Å². The average Bonchev–Trinajstić information content (AvgIpc) is 2.78. The highest BCUT2D eigenvalue weighted by Gasteiger charge is 2.30. The second kappa shape index (κ2) is 10.4. The molecule has 1 aromatic rings. The molecule has 0 aliphatic carbocycles. The number of sulfonamides is 1. The summed E-state index contributed by atoms with van der Waals surface area (Å²) in [5.41, 5.74) is -0.126. The summed E-state index contributed by atoms with van der Waals surface area (Å²) in [6.07, 6.45) is -0.349. The Labute approximate surface area is 195 Å². The van der Waals surface area contributed by atoms with Gasteiger partial charge in [-0.2, -0.15) is 4.31 Å². The van der Waals surface area contributed by atoms with Crippen molar-refractivity contribution in [2.45, 2.75) is 44.2 Å². The number of nitrogens with one attached hydrogen (secondary N) is 1. The van der Waals surface area contributed by atoms with E-state index in [-0.39, 0.29) is 16.9 Å². The van der Waals surface area contributed by atoms with Gasteiger partial charge in [-0.15, -0.1) is 0 Å². The van der Waals surface area contributed by atoms with Crippen LogP contribution < -0.4 is 5.32 Å². The van der Waals surface area contributed by atoms with E-state index in [0.717, 1.165) is 0 Å². The Hall–Kier alpha value is -2.21. The van der Waals surface area contributed by atoms with Crippen molar-refractivity contribution in [3.8, 4) is 0 Å². The van der Waals surface area contributed by atoms with Crippen LogP contribution in [0.2, 0.25) is 0 Å². The molecule has 1 aromatic carbocycles. The highest BCUT2D eigenvalue weighted by molar-refractivity contribution is 7.89. The van der Waals surface area contributed by atoms with E-state index in [2.05, 4.69) is 5.32 Å². The lowest BCUT2D eigenvalue weighted by Crippen LogP contribution is -2.54. The topological polar surface area (TPSA) is 108 Å². The summed E-state index contributed by atoms with van der Waals surface area (Å²) >= 11 is 0. The summed E-state index contributed by atoms with van der Waals surface area (Å²) in [6.45, 7) is 10.7. The van der Waals surface area contributed by atoms with Gasteiger partial charge in [-0.05, 0) is 45.9 Å². The number of anilines is 1. The van der Waals surface area contributed by atoms with Crippen LogP contribution in [0.1, 0.15) is 27.7 Å². The van der Waals surface area contributed by atoms with Gasteiger partial charge in [0, 0.05) is 45.0 Å². The molecule has 2 aliphatic rings. The van der Waals surface area contributed by atoms with Crippen LogP contribution in [0.3, 0.4) is 0 Å². The van der Waals surface area contributed by atoms with Gasteiger partial charge in [0.25, 0.3) is 0 Å². The molecule has 10 nitrogen and oxygen atoms in total. The summed E-state index contributed by atoms with van der Waals surface area (Å²) in [5.74, 6) is -0.235. The van der Waals surface area contributed by atoms with Gasteiger partial charge in [0.2, 0.25) is 15.9 Å². The molecule has 2 saturated heterocycles. The van der Waals surface area contributed by atoms with Crippen LogP contribution in [0.25, 0.3) is 0 Å². The van der Waals surface area contributed by atoms with Crippen LogP contribution in [0.4, 0.5) is 10.5 Å². The lowest BCUT2D eigenvalue weighted by atomic mass is 10.2. The van der Waals surface area contributed by atoms with Crippen LogP contribution in [0.5, 0.6) is 0 Å². The summed E-state index contributed by atoms with van der Waals surface area (Å²) in [7, 11) is -3.65. The Balaban J connectivity index is 1.57.